The molecule has 0 saturated carbocycles. The minimum Gasteiger partial charge on any atom is -0.497 e. The Morgan fingerprint density at radius 2 is 1.68 bits per heavy atom. The summed E-state index contributed by atoms with van der Waals surface area (Å²) in [7, 11) is -1.96. The third-order valence-electron chi connectivity index (χ3n) is 6.40. The maximum Gasteiger partial charge on any atom is 0.244 e. The summed E-state index contributed by atoms with van der Waals surface area (Å²) in [6, 6.07) is 19.1. The quantitative estimate of drug-likeness (QED) is 0.615. The van der Waals surface area contributed by atoms with E-state index >= 15 is 0 Å². The lowest BCUT2D eigenvalue weighted by Gasteiger charge is -2.34. The first kappa shape index (κ1) is 20.2. The molecule has 1 saturated heterocycles. The van der Waals surface area contributed by atoms with E-state index in [4.69, 9.17) is 4.74 Å². The van der Waals surface area contributed by atoms with Crippen molar-refractivity contribution >= 4 is 10.0 Å². The van der Waals surface area contributed by atoms with Crippen LogP contribution in [-0.4, -0.2) is 42.8 Å². The topological polar surface area (TPSA) is 62.7 Å². The van der Waals surface area contributed by atoms with Gasteiger partial charge < -0.3 is 4.74 Å². The zero-order valence-electron chi connectivity index (χ0n) is 17.4. The molecule has 2 aliphatic heterocycles. The van der Waals surface area contributed by atoms with E-state index in [2.05, 4.69) is 9.88 Å². The second-order valence-electron chi connectivity index (χ2n) is 8.20. The minimum absolute atomic E-state index is 0.337. The zero-order valence-corrected chi connectivity index (χ0v) is 18.3. The lowest BCUT2D eigenvalue weighted by molar-refractivity contribution is 0.184. The molecule has 0 aliphatic carbocycles. The third-order valence-corrected chi connectivity index (χ3v) is 8.37. The molecule has 0 radical (unpaired) electrons. The molecule has 3 aromatic rings. The van der Waals surface area contributed by atoms with Crippen molar-refractivity contribution in [2.45, 2.75) is 29.9 Å². The molecule has 5 rings (SSSR count). The highest BCUT2D eigenvalue weighted by Gasteiger charge is 2.56. The molecule has 1 aromatic heterocycles. The van der Waals surface area contributed by atoms with Gasteiger partial charge in [-0.05, 0) is 53.4 Å². The first-order valence-corrected chi connectivity index (χ1v) is 11.8. The average molecular weight is 436 g/mol. The van der Waals surface area contributed by atoms with E-state index in [-0.39, 0.29) is 0 Å². The molecule has 1 spiro atoms. The zero-order chi connectivity index (χ0) is 21.5. The van der Waals surface area contributed by atoms with Crippen LogP contribution in [0.5, 0.6) is 5.75 Å². The summed E-state index contributed by atoms with van der Waals surface area (Å²) >= 11 is 0. The van der Waals surface area contributed by atoms with Gasteiger partial charge >= 0.3 is 0 Å². The van der Waals surface area contributed by atoms with Gasteiger partial charge in [0, 0.05) is 38.6 Å². The van der Waals surface area contributed by atoms with Gasteiger partial charge in [-0.3, -0.25) is 9.88 Å². The predicted molar refractivity (Wildman–Crippen MR) is 118 cm³/mol. The highest BCUT2D eigenvalue weighted by molar-refractivity contribution is 7.89. The van der Waals surface area contributed by atoms with E-state index < -0.39 is 15.6 Å². The minimum atomic E-state index is -3.58. The predicted octanol–water partition coefficient (Wildman–Crippen LogP) is 3.40. The molecule has 3 heterocycles. The number of methoxy groups -OCH3 is 1. The van der Waals surface area contributed by atoms with E-state index in [9.17, 15) is 8.42 Å². The van der Waals surface area contributed by atoms with Gasteiger partial charge in [-0.25, -0.2) is 8.42 Å². The van der Waals surface area contributed by atoms with Crippen LogP contribution < -0.4 is 4.74 Å². The van der Waals surface area contributed by atoms with Crippen molar-refractivity contribution in [3.05, 3.63) is 89.7 Å². The molecule has 0 N–H and O–H groups in total. The number of fused-ring (bicyclic) bond motifs is 2. The normalized spacial score (nSPS) is 22.6. The van der Waals surface area contributed by atoms with Crippen LogP contribution in [0.1, 0.15) is 23.1 Å². The van der Waals surface area contributed by atoms with Crippen LogP contribution in [0.2, 0.25) is 0 Å². The van der Waals surface area contributed by atoms with Gasteiger partial charge in [-0.1, -0.05) is 30.3 Å². The summed E-state index contributed by atoms with van der Waals surface area (Å²) in [4.78, 5) is 6.88. The molecule has 2 aliphatic rings. The standard InChI is InChI=1S/C24H25N3O3S/c1-30-21-8-6-19(7-9-21)17-27-24(22-4-2-3-5-23(22)31(27,28)29)12-15-26(18-24)16-20-10-13-25-14-11-20/h2-11,13-14H,12,15-18H2,1H3. The van der Waals surface area contributed by atoms with E-state index in [1.54, 1.807) is 29.9 Å². The van der Waals surface area contributed by atoms with Crippen LogP contribution in [0.4, 0.5) is 0 Å². The van der Waals surface area contributed by atoms with Gasteiger partial charge in [-0.2, -0.15) is 4.31 Å². The maximum absolute atomic E-state index is 13.6. The molecular formula is C24H25N3O3S. The summed E-state index contributed by atoms with van der Waals surface area (Å²) in [5.74, 6) is 0.760. The molecule has 0 amide bonds. The summed E-state index contributed by atoms with van der Waals surface area (Å²) in [6.45, 7) is 2.62. The van der Waals surface area contributed by atoms with E-state index in [1.165, 1.54) is 5.56 Å². The Labute approximate surface area is 183 Å². The Kier molecular flexibility index (Phi) is 5.04. The van der Waals surface area contributed by atoms with Crippen molar-refractivity contribution in [3.63, 3.8) is 0 Å². The fraction of sp³-hybridized carbons (Fsp3) is 0.292. The second-order valence-corrected chi connectivity index (χ2v) is 10.0. The number of pyridine rings is 1. The van der Waals surface area contributed by atoms with Crippen molar-refractivity contribution in [3.8, 4) is 5.75 Å². The highest BCUT2D eigenvalue weighted by atomic mass is 32.2. The molecule has 1 atom stereocenters. The monoisotopic (exact) mass is 435 g/mol. The second kappa shape index (κ2) is 7.75. The molecule has 1 unspecified atom stereocenters. The van der Waals surface area contributed by atoms with Crippen molar-refractivity contribution in [2.24, 2.45) is 0 Å². The van der Waals surface area contributed by atoms with Gasteiger partial charge in [-0.15, -0.1) is 0 Å². The van der Waals surface area contributed by atoms with Gasteiger partial charge in [0.05, 0.1) is 17.5 Å². The lowest BCUT2D eigenvalue weighted by Crippen LogP contribution is -2.45. The van der Waals surface area contributed by atoms with Gasteiger partial charge in [0.15, 0.2) is 0 Å². The molecule has 2 aromatic carbocycles. The molecule has 0 bridgehead atoms. The van der Waals surface area contributed by atoms with Gasteiger partial charge in [0.1, 0.15) is 5.75 Å². The fourth-order valence-corrected chi connectivity index (χ4v) is 6.92. The molecule has 6 nitrogen and oxygen atoms in total. The molecule has 160 valence electrons. The van der Waals surface area contributed by atoms with Crippen LogP contribution in [0.25, 0.3) is 0 Å². The van der Waals surface area contributed by atoms with Crippen molar-refractivity contribution in [2.75, 3.05) is 20.2 Å². The summed E-state index contributed by atoms with van der Waals surface area (Å²) in [6.07, 6.45) is 4.36. The van der Waals surface area contributed by atoms with E-state index in [0.717, 1.165) is 36.4 Å². The summed E-state index contributed by atoms with van der Waals surface area (Å²) in [5, 5.41) is 0. The Morgan fingerprint density at radius 1 is 0.968 bits per heavy atom. The Hall–Kier alpha value is -2.74. The van der Waals surface area contributed by atoms with Crippen LogP contribution in [0, 0.1) is 0 Å². The Balaban J connectivity index is 1.51. The average Bonchev–Trinajstić information content (AvgIpc) is 3.29. The van der Waals surface area contributed by atoms with E-state index in [1.807, 2.05) is 54.6 Å². The number of sulfonamides is 1. The molecular weight excluding hydrogens is 410 g/mol. The number of hydrogen-bond donors (Lipinski definition) is 0. The molecule has 7 heteroatoms. The number of benzene rings is 2. The van der Waals surface area contributed by atoms with Crippen LogP contribution in [-0.2, 0) is 28.7 Å². The first-order chi connectivity index (χ1) is 15.0. The van der Waals surface area contributed by atoms with Crippen molar-refractivity contribution in [1.82, 2.24) is 14.2 Å². The number of rotatable bonds is 5. The summed E-state index contributed by atoms with van der Waals surface area (Å²) < 4.78 is 34.2. The smallest absolute Gasteiger partial charge is 0.244 e. The van der Waals surface area contributed by atoms with Crippen molar-refractivity contribution in [1.29, 1.82) is 0 Å². The first-order valence-electron chi connectivity index (χ1n) is 10.4. The summed E-state index contributed by atoms with van der Waals surface area (Å²) in [5.41, 5.74) is 2.50. The van der Waals surface area contributed by atoms with Crippen LogP contribution in [0.3, 0.4) is 0 Å². The number of aromatic nitrogens is 1. The fourth-order valence-electron chi connectivity index (χ4n) is 4.87. The van der Waals surface area contributed by atoms with Crippen LogP contribution >= 0.6 is 0 Å². The number of ether oxygens (including phenoxy) is 1. The highest BCUT2D eigenvalue weighted by Crippen LogP contribution is 2.50. The molecule has 1 fully saturated rings. The maximum atomic E-state index is 13.6. The Morgan fingerprint density at radius 3 is 2.42 bits per heavy atom. The largest absolute Gasteiger partial charge is 0.497 e. The van der Waals surface area contributed by atoms with Crippen LogP contribution in [0.15, 0.2) is 78.0 Å². The third kappa shape index (κ3) is 3.43. The number of likely N-dealkylation sites (tertiary alicyclic amines) is 1. The Bertz CT molecular complexity index is 1180. The van der Waals surface area contributed by atoms with Crippen molar-refractivity contribution < 1.29 is 13.2 Å². The number of hydrogen-bond acceptors (Lipinski definition) is 5. The van der Waals surface area contributed by atoms with E-state index in [0.29, 0.717) is 18.0 Å². The number of nitrogens with zero attached hydrogens (tertiary/aromatic N) is 3. The lowest BCUT2D eigenvalue weighted by atomic mass is 9.88. The van der Waals surface area contributed by atoms with Gasteiger partial charge in [0.2, 0.25) is 10.0 Å². The van der Waals surface area contributed by atoms with Gasteiger partial charge in [0.25, 0.3) is 0 Å². The SMILES string of the molecule is COc1ccc(CN2C3(CCN(Cc4ccncc4)C3)c3ccccc3S2(=O)=O)cc1. The molecule has 31 heavy (non-hydrogen) atoms.